The number of nitrogens with one attached hydrogen (secondary N) is 9. The van der Waals surface area contributed by atoms with Crippen molar-refractivity contribution in [2.75, 3.05) is 41.3 Å². The van der Waals surface area contributed by atoms with Gasteiger partial charge in [0.2, 0.25) is 59.3 Å². The van der Waals surface area contributed by atoms with E-state index in [1.54, 1.807) is 14.1 Å². The first kappa shape index (κ1) is 85.7. The predicted molar refractivity (Wildman–Crippen MR) is 424 cm³/mol. The molecule has 7 aromatic rings. The molecular weight excluding hydrogens is 1580 g/mol. The minimum Gasteiger partial charge on any atom is -0.508 e. The number of nitrogens with zero attached hydrogens (tertiary/aromatic N) is 1. The lowest BCUT2D eigenvalue weighted by atomic mass is 9.89. The first-order valence-corrected chi connectivity index (χ1v) is 39.3. The van der Waals surface area contributed by atoms with E-state index in [9.17, 15) is 60.0 Å². The number of fused-ring (bicyclic) bond motifs is 14. The van der Waals surface area contributed by atoms with Crippen LogP contribution in [0.2, 0.25) is 10.0 Å². The fourth-order valence-corrected chi connectivity index (χ4v) is 15.1. The molecule has 0 aromatic heterocycles. The lowest BCUT2D eigenvalue weighted by molar-refractivity contribution is -0.242. The van der Waals surface area contributed by atoms with Crippen molar-refractivity contribution in [1.82, 2.24) is 52.8 Å². The Morgan fingerprint density at radius 3 is 1.90 bits per heavy atom. The van der Waals surface area contributed by atoms with Crippen LogP contribution in [0, 0.1) is 0 Å². The van der Waals surface area contributed by atoms with E-state index in [0.29, 0.717) is 31.4 Å². The van der Waals surface area contributed by atoms with Gasteiger partial charge in [0.15, 0.2) is 29.1 Å². The molecule has 13 atom stereocenters. The van der Waals surface area contributed by atoms with Crippen LogP contribution >= 0.6 is 23.2 Å². The van der Waals surface area contributed by atoms with Gasteiger partial charge in [0.05, 0.1) is 17.2 Å². The van der Waals surface area contributed by atoms with Crippen LogP contribution in [0.15, 0.2) is 115 Å². The number of phenolic OH excluding ortho intramolecular Hbond substituents is 5. The van der Waals surface area contributed by atoms with Crippen molar-refractivity contribution in [3.8, 4) is 80.1 Å². The molecule has 17 N–H and O–H groups in total. The van der Waals surface area contributed by atoms with Gasteiger partial charge < -0.3 is 122 Å². The number of amides is 8. The third-order valence-corrected chi connectivity index (χ3v) is 21.6. The van der Waals surface area contributed by atoms with E-state index in [2.05, 4.69) is 54.8 Å². The summed E-state index contributed by atoms with van der Waals surface area (Å²) in [6, 6.07) is 7.31. The summed E-state index contributed by atoms with van der Waals surface area (Å²) in [7, 11) is 6.04. The topological polar surface area (TPSA) is 482 Å². The van der Waals surface area contributed by atoms with Gasteiger partial charge in [-0.15, -0.1) is 0 Å². The Labute approximate surface area is 687 Å². The second-order valence-electron chi connectivity index (χ2n) is 29.6. The Bertz CT molecular complexity index is 4980. The van der Waals surface area contributed by atoms with Gasteiger partial charge >= 0.3 is 5.97 Å². The Morgan fingerprint density at radius 1 is 0.568 bits per heavy atom. The fraction of sp³-hybridized carbons (Fsp3) is 0.386. The summed E-state index contributed by atoms with van der Waals surface area (Å²) in [5.74, 6) is -16.2. The second kappa shape index (κ2) is 37.7. The zero-order valence-corrected chi connectivity index (χ0v) is 66.3. The first-order valence-electron chi connectivity index (χ1n) is 38.5. The van der Waals surface area contributed by atoms with Crippen molar-refractivity contribution in [3.63, 3.8) is 0 Å². The number of rotatable bonds is 20. The van der Waals surface area contributed by atoms with Crippen LogP contribution in [0.3, 0.4) is 0 Å². The largest absolute Gasteiger partial charge is 0.508 e. The molecule has 7 heterocycles. The molecule has 17 bridgehead atoms. The number of likely N-dealkylation sites (N-methyl/N-ethyl adjacent to an activating group) is 1. The van der Waals surface area contributed by atoms with Crippen molar-refractivity contribution < 1.29 is 112 Å². The lowest BCUT2D eigenvalue weighted by Crippen LogP contribution is -2.66. The number of methoxy groups -OCH3 is 1. The molecule has 1 fully saturated rings. The van der Waals surface area contributed by atoms with Crippen molar-refractivity contribution >= 4 is 76.4 Å². The van der Waals surface area contributed by atoms with Gasteiger partial charge in [0.1, 0.15) is 107 Å². The number of hydrogen-bond donors (Lipinski definition) is 17. The van der Waals surface area contributed by atoms with E-state index in [0.717, 1.165) is 113 Å². The maximum atomic E-state index is 16.6. The van der Waals surface area contributed by atoms with Gasteiger partial charge in [0, 0.05) is 48.2 Å². The number of carbonyl (C=O) groups is 9. The standard InChI is InChI=1S/C83H92Cl2N10O23/c1-6-7-8-9-10-11-12-13-14-16-60(101)89-69-71(103)72(104)74(82(112)113-5)118-83(69)117-73-58-33-43-34-59(73)116-56-26-21-42(31-50(56)84)70(102)68-81(111)93-66(76(106)87-27-15-28-95(3)4)48-35-44(96)36-54(99)61(48)47-30-40(19-24-52(47)97)64(78(108)94-68)90-79(109)65(43)91-80(110)67-49-37-46(38-55(100)62(49)85)115-57-32-41(20-25-53(57)98)63(86-2)77(107)88-51(75(105)92-67)29-39-17-22-45(114-58)23-18-39/h17-26,30-38,51,63-72,74,83,86,96-100,102-104H,6-16,27-29H2,1-5H3,(H,87,106)(H,88,107)(H,89,101)(H,90,109)(H,91,110)(H,92,105)(H,93,111)(H,94,108)/t51-,63-,64-,65-,66-,67+,68+,69-,70-,71-,72+,74+,83-/m1/s1. The molecule has 0 unspecified atom stereocenters. The van der Waals surface area contributed by atoms with Gasteiger partial charge in [-0.3, -0.25) is 38.4 Å². The monoisotopic (exact) mass is 1670 g/mol. The number of phenols is 5. The third-order valence-electron chi connectivity index (χ3n) is 20.9. The molecule has 0 saturated carbocycles. The Kier molecular flexibility index (Phi) is 27.4. The highest BCUT2D eigenvalue weighted by Crippen LogP contribution is 2.50. The maximum Gasteiger partial charge on any atom is 0.337 e. The molecule has 118 heavy (non-hydrogen) atoms. The second-order valence-corrected chi connectivity index (χ2v) is 30.4. The summed E-state index contributed by atoms with van der Waals surface area (Å²) < 4.78 is 37.8. The molecule has 626 valence electrons. The van der Waals surface area contributed by atoms with E-state index >= 15 is 24.0 Å². The number of aromatic hydroxyl groups is 5. The molecule has 35 heteroatoms. The number of unbranched alkanes of at least 4 members (excludes halogenated alkanes) is 8. The number of aliphatic hydroxyl groups is 3. The zero-order valence-electron chi connectivity index (χ0n) is 64.8. The van der Waals surface area contributed by atoms with Crippen LogP contribution in [-0.4, -0.2) is 183 Å². The summed E-state index contributed by atoms with van der Waals surface area (Å²) in [4.78, 5) is 139. The molecule has 8 amide bonds. The molecule has 33 nitrogen and oxygen atoms in total. The van der Waals surface area contributed by atoms with Crippen LogP contribution in [0.4, 0.5) is 0 Å². The molecule has 1 saturated heterocycles. The molecule has 0 aliphatic carbocycles. The highest BCUT2D eigenvalue weighted by atomic mass is 35.5. The molecule has 7 aliphatic rings. The fourth-order valence-electron chi connectivity index (χ4n) is 14.7. The van der Waals surface area contributed by atoms with Gasteiger partial charge in [-0.2, -0.15) is 0 Å². The van der Waals surface area contributed by atoms with Gasteiger partial charge in [0.25, 0.3) is 0 Å². The van der Waals surface area contributed by atoms with Crippen molar-refractivity contribution in [2.24, 2.45) is 0 Å². The molecule has 14 rings (SSSR count). The molecular formula is C83H92Cl2N10O23. The quantitative estimate of drug-likeness (QED) is 0.0272. The smallest absolute Gasteiger partial charge is 0.337 e. The summed E-state index contributed by atoms with van der Waals surface area (Å²) in [5.41, 5.74) is -1.96. The van der Waals surface area contributed by atoms with Crippen LogP contribution < -0.4 is 66.8 Å². The molecule has 0 radical (unpaired) electrons. The van der Waals surface area contributed by atoms with Crippen molar-refractivity contribution in [3.05, 3.63) is 164 Å². The summed E-state index contributed by atoms with van der Waals surface area (Å²) in [6.45, 7) is 2.62. The van der Waals surface area contributed by atoms with Gasteiger partial charge in [-0.05, 0) is 147 Å². The number of hydrogen-bond acceptors (Lipinski definition) is 25. The number of aliphatic hydroxyl groups excluding tert-OH is 3. The average Bonchev–Trinajstić information content (AvgIpc) is 0.768. The van der Waals surface area contributed by atoms with Crippen LogP contribution in [-0.2, 0) is 59.0 Å². The number of esters is 1. The number of benzene rings is 7. The Morgan fingerprint density at radius 2 is 1.20 bits per heavy atom. The number of halogens is 2. The van der Waals surface area contributed by atoms with Crippen LogP contribution in [0.25, 0.3) is 11.1 Å². The lowest BCUT2D eigenvalue weighted by Gasteiger charge is -2.41. The Hall–Kier alpha value is -11.7. The van der Waals surface area contributed by atoms with E-state index in [1.165, 1.54) is 61.6 Å². The highest BCUT2D eigenvalue weighted by Gasteiger charge is 2.51. The van der Waals surface area contributed by atoms with E-state index in [-0.39, 0.29) is 70.2 Å². The van der Waals surface area contributed by atoms with Crippen molar-refractivity contribution in [2.45, 2.75) is 163 Å². The number of carbonyl (C=O) groups excluding carboxylic acids is 9. The summed E-state index contributed by atoms with van der Waals surface area (Å²) in [5, 5.41) is 118. The van der Waals surface area contributed by atoms with Gasteiger partial charge in [-0.25, -0.2) is 4.79 Å². The molecule has 7 aromatic carbocycles. The Balaban J connectivity index is 1.08. The summed E-state index contributed by atoms with van der Waals surface area (Å²) >= 11 is 14.3. The summed E-state index contributed by atoms with van der Waals surface area (Å²) in [6.07, 6.45) is -2.32. The average molecular weight is 1670 g/mol. The predicted octanol–water partition coefficient (Wildman–Crippen LogP) is 6.93. The van der Waals surface area contributed by atoms with E-state index in [1.807, 2.05) is 4.90 Å². The SMILES string of the molecule is CCCCCCCCCCCC(=O)N[C@H]1[C@H](Oc2c3cc4cc2Oc2ccc(cc2Cl)[C@@H](O)[C@@H]2NC(=O)[C@H](NC(=O)[C@@H]4NC(=O)[C@H]4NC(=O)[C@@H](Cc5ccc(cc5)O3)NC(=O)[C@H](NC)c3ccc(O)c(c3)Oc3cc(O)c(Cl)c4c3)c3ccc(O)c(c3)-c3c(O)cc(O)cc3[C@H](C(=O)NCCCN(C)C)NC2=O)O[C@H](C(=O)OC)[C@@H](O)[C@@H]1O. The highest BCUT2D eigenvalue weighted by molar-refractivity contribution is 6.33. The normalized spacial score (nSPS) is 23.0. The van der Waals surface area contributed by atoms with E-state index in [4.69, 9.17) is 51.6 Å². The molecule has 0 spiro atoms. The minimum absolute atomic E-state index is 0.00573. The third kappa shape index (κ3) is 19.4. The zero-order chi connectivity index (χ0) is 84.5. The van der Waals surface area contributed by atoms with Crippen molar-refractivity contribution in [1.29, 1.82) is 0 Å². The van der Waals surface area contributed by atoms with E-state index < -0.39 is 205 Å². The maximum absolute atomic E-state index is 16.6. The minimum atomic E-state index is -2.35. The number of ether oxygens (including phenoxy) is 6. The van der Waals surface area contributed by atoms with Crippen LogP contribution in [0.5, 0.6) is 69.0 Å². The van der Waals surface area contributed by atoms with Crippen LogP contribution in [0.1, 0.15) is 153 Å². The molecule has 7 aliphatic heterocycles. The first-order chi connectivity index (χ1) is 56.5. The van der Waals surface area contributed by atoms with Gasteiger partial charge in [-0.1, -0.05) is 112 Å².